The monoisotopic (exact) mass is 490 g/mol. The van der Waals surface area contributed by atoms with Crippen molar-refractivity contribution in [2.75, 3.05) is 52.4 Å². The minimum absolute atomic E-state index is 0.636. The number of thiophene rings is 1. The summed E-state index contributed by atoms with van der Waals surface area (Å²) in [6, 6.07) is 14.5. The maximum atomic E-state index is 5.68. The Bertz CT molecular complexity index is 1320. The van der Waals surface area contributed by atoms with Gasteiger partial charge in [0, 0.05) is 43.2 Å². The summed E-state index contributed by atoms with van der Waals surface area (Å²) < 4.78 is 16.7. The lowest BCUT2D eigenvalue weighted by Crippen LogP contribution is -2.46. The summed E-state index contributed by atoms with van der Waals surface area (Å²) in [5, 5.41) is 1.17. The predicted octanol–water partition coefficient (Wildman–Crippen LogP) is 5.01. The van der Waals surface area contributed by atoms with Gasteiger partial charge >= 0.3 is 0 Å². The number of methoxy groups -OCH3 is 3. The number of piperazine rings is 1. The van der Waals surface area contributed by atoms with Crippen LogP contribution in [0, 0.1) is 6.92 Å². The molecule has 1 aliphatic rings. The van der Waals surface area contributed by atoms with E-state index in [0.717, 1.165) is 54.7 Å². The lowest BCUT2D eigenvalue weighted by atomic mass is 10.1. The molecule has 1 aliphatic heterocycles. The van der Waals surface area contributed by atoms with Crippen LogP contribution in [0.4, 0.5) is 5.82 Å². The smallest absolute Gasteiger partial charge is 0.203 e. The van der Waals surface area contributed by atoms with Gasteiger partial charge in [0.1, 0.15) is 17.0 Å². The fourth-order valence-corrected chi connectivity index (χ4v) is 5.95. The molecule has 0 saturated carbocycles. The normalized spacial score (nSPS) is 14.3. The third-order valence-corrected chi connectivity index (χ3v) is 7.84. The molecule has 0 radical (unpaired) electrons. The molecule has 0 atom stereocenters. The van der Waals surface area contributed by atoms with E-state index in [-0.39, 0.29) is 0 Å². The Morgan fingerprint density at radius 2 is 1.60 bits per heavy atom. The molecule has 0 aliphatic carbocycles. The van der Waals surface area contributed by atoms with Gasteiger partial charge in [-0.25, -0.2) is 9.97 Å². The number of aromatic nitrogens is 2. The summed E-state index contributed by atoms with van der Waals surface area (Å²) in [5.41, 5.74) is 3.57. The molecule has 182 valence electrons. The number of anilines is 1. The number of hydrogen-bond donors (Lipinski definition) is 0. The topological polar surface area (TPSA) is 60.0 Å². The molecule has 0 amide bonds. The van der Waals surface area contributed by atoms with E-state index in [1.807, 2.05) is 6.07 Å². The summed E-state index contributed by atoms with van der Waals surface area (Å²) in [6.45, 7) is 6.63. The second-order valence-electron chi connectivity index (χ2n) is 8.56. The van der Waals surface area contributed by atoms with E-state index in [4.69, 9.17) is 19.2 Å². The average molecular weight is 491 g/mol. The molecule has 7 nitrogen and oxygen atoms in total. The molecule has 1 fully saturated rings. The van der Waals surface area contributed by atoms with Gasteiger partial charge in [0.05, 0.1) is 26.7 Å². The number of fused-ring (bicyclic) bond motifs is 1. The Morgan fingerprint density at radius 3 is 2.29 bits per heavy atom. The molecule has 0 unspecified atom stereocenters. The fourth-order valence-electron chi connectivity index (χ4n) is 4.80. The third kappa shape index (κ3) is 4.39. The van der Waals surface area contributed by atoms with Gasteiger partial charge in [0.25, 0.3) is 0 Å². The minimum Gasteiger partial charge on any atom is -0.493 e. The van der Waals surface area contributed by atoms with E-state index in [1.165, 1.54) is 21.4 Å². The van der Waals surface area contributed by atoms with Gasteiger partial charge in [-0.15, -0.1) is 11.3 Å². The van der Waals surface area contributed by atoms with Crippen LogP contribution in [0.2, 0.25) is 0 Å². The molecular weight excluding hydrogens is 460 g/mol. The first-order chi connectivity index (χ1) is 17.1. The first-order valence-electron chi connectivity index (χ1n) is 11.7. The maximum absolute atomic E-state index is 5.68. The Labute approximate surface area is 209 Å². The van der Waals surface area contributed by atoms with Crippen LogP contribution in [0.25, 0.3) is 20.7 Å². The van der Waals surface area contributed by atoms with Crippen molar-refractivity contribution in [1.29, 1.82) is 0 Å². The van der Waals surface area contributed by atoms with Gasteiger partial charge in [0.15, 0.2) is 11.5 Å². The van der Waals surface area contributed by atoms with Crippen molar-refractivity contribution in [3.63, 3.8) is 0 Å². The van der Waals surface area contributed by atoms with Gasteiger partial charge in [-0.05, 0) is 24.1 Å². The quantitative estimate of drug-likeness (QED) is 0.361. The molecule has 5 rings (SSSR count). The highest BCUT2D eigenvalue weighted by atomic mass is 32.1. The molecule has 3 heterocycles. The number of nitrogens with zero attached hydrogens (tertiary/aromatic N) is 4. The van der Waals surface area contributed by atoms with Crippen molar-refractivity contribution in [3.05, 3.63) is 59.9 Å². The van der Waals surface area contributed by atoms with Gasteiger partial charge in [-0.1, -0.05) is 36.4 Å². The van der Waals surface area contributed by atoms with Crippen LogP contribution in [0.1, 0.15) is 11.1 Å². The molecule has 8 heteroatoms. The van der Waals surface area contributed by atoms with E-state index in [2.05, 4.69) is 58.1 Å². The van der Waals surface area contributed by atoms with Crippen LogP contribution < -0.4 is 19.1 Å². The van der Waals surface area contributed by atoms with Crippen LogP contribution in [0.3, 0.4) is 0 Å². The largest absolute Gasteiger partial charge is 0.493 e. The molecule has 0 N–H and O–H groups in total. The molecule has 1 saturated heterocycles. The summed E-state index contributed by atoms with van der Waals surface area (Å²) in [5.74, 6) is 3.08. The van der Waals surface area contributed by atoms with Crippen molar-refractivity contribution in [1.82, 2.24) is 14.9 Å². The second-order valence-corrected chi connectivity index (χ2v) is 9.56. The Morgan fingerprint density at radius 1 is 0.857 bits per heavy atom. The van der Waals surface area contributed by atoms with Crippen LogP contribution in [0.5, 0.6) is 17.2 Å². The van der Waals surface area contributed by atoms with Crippen molar-refractivity contribution in [2.24, 2.45) is 0 Å². The SMILES string of the molecule is COc1ccc(CN2CCN(c3ncnc4sc(-c5ccccc5)c(C)c34)CC2)c(OC)c1OC. The number of benzene rings is 2. The summed E-state index contributed by atoms with van der Waals surface area (Å²) >= 11 is 1.74. The van der Waals surface area contributed by atoms with Gasteiger partial charge in [0.2, 0.25) is 5.75 Å². The molecule has 2 aromatic heterocycles. The van der Waals surface area contributed by atoms with E-state index >= 15 is 0 Å². The molecule has 0 spiro atoms. The zero-order chi connectivity index (χ0) is 24.4. The number of aryl methyl sites for hydroxylation is 1. The summed E-state index contributed by atoms with van der Waals surface area (Å²) in [4.78, 5) is 16.5. The molecule has 2 aromatic carbocycles. The van der Waals surface area contributed by atoms with Crippen molar-refractivity contribution in [2.45, 2.75) is 13.5 Å². The highest BCUT2D eigenvalue weighted by Crippen LogP contribution is 2.42. The van der Waals surface area contributed by atoms with Crippen LogP contribution in [-0.4, -0.2) is 62.4 Å². The van der Waals surface area contributed by atoms with Gasteiger partial charge < -0.3 is 19.1 Å². The zero-order valence-corrected chi connectivity index (χ0v) is 21.4. The van der Waals surface area contributed by atoms with E-state index < -0.39 is 0 Å². The Kier molecular flexibility index (Phi) is 6.74. The lowest BCUT2D eigenvalue weighted by Gasteiger charge is -2.36. The first kappa shape index (κ1) is 23.4. The summed E-state index contributed by atoms with van der Waals surface area (Å²) in [6.07, 6.45) is 1.70. The van der Waals surface area contributed by atoms with Gasteiger partial charge in [-0.2, -0.15) is 0 Å². The fraction of sp³-hybridized carbons (Fsp3) is 0.333. The average Bonchev–Trinajstić information content (AvgIpc) is 3.25. The molecular formula is C27H30N4O3S. The van der Waals surface area contributed by atoms with Crippen LogP contribution in [-0.2, 0) is 6.54 Å². The van der Waals surface area contributed by atoms with E-state index in [1.54, 1.807) is 39.0 Å². The van der Waals surface area contributed by atoms with Gasteiger partial charge in [-0.3, -0.25) is 4.90 Å². The third-order valence-electron chi connectivity index (χ3n) is 6.59. The second kappa shape index (κ2) is 10.1. The Balaban J connectivity index is 1.35. The van der Waals surface area contributed by atoms with Crippen molar-refractivity contribution < 1.29 is 14.2 Å². The lowest BCUT2D eigenvalue weighted by molar-refractivity contribution is 0.243. The first-order valence-corrected chi connectivity index (χ1v) is 12.5. The van der Waals surface area contributed by atoms with Crippen LogP contribution in [0.15, 0.2) is 48.8 Å². The number of rotatable bonds is 7. The molecule has 4 aromatic rings. The maximum Gasteiger partial charge on any atom is 0.203 e. The number of hydrogen-bond acceptors (Lipinski definition) is 8. The van der Waals surface area contributed by atoms with E-state index in [9.17, 15) is 0 Å². The minimum atomic E-state index is 0.636. The van der Waals surface area contributed by atoms with E-state index in [0.29, 0.717) is 11.5 Å². The van der Waals surface area contributed by atoms with Crippen molar-refractivity contribution in [3.8, 4) is 27.7 Å². The van der Waals surface area contributed by atoms with Crippen LogP contribution >= 0.6 is 11.3 Å². The molecule has 35 heavy (non-hydrogen) atoms. The highest BCUT2D eigenvalue weighted by molar-refractivity contribution is 7.22. The zero-order valence-electron chi connectivity index (χ0n) is 20.6. The predicted molar refractivity (Wildman–Crippen MR) is 141 cm³/mol. The Hall–Kier alpha value is -3.36. The number of ether oxygens (including phenoxy) is 3. The summed E-state index contributed by atoms with van der Waals surface area (Å²) in [7, 11) is 4.95. The molecule has 0 bridgehead atoms. The highest BCUT2D eigenvalue weighted by Gasteiger charge is 2.24. The standard InChI is InChI=1S/C27H30N4O3S/c1-18-22-26(28-17-29-27(22)35-25(18)19-8-6-5-7-9-19)31-14-12-30(13-15-31)16-20-10-11-21(32-2)24(34-4)23(20)33-3/h5-11,17H,12-16H2,1-4H3. The van der Waals surface area contributed by atoms with Crippen molar-refractivity contribution >= 4 is 27.4 Å².